The van der Waals surface area contributed by atoms with E-state index in [0.29, 0.717) is 0 Å². The van der Waals surface area contributed by atoms with Crippen LogP contribution in [0.25, 0.3) is 0 Å². The maximum atomic E-state index is 3.56. The molecule has 0 saturated heterocycles. The molecule has 100 valence electrons. The van der Waals surface area contributed by atoms with E-state index in [1.165, 1.54) is 49.9 Å². The fraction of sp³-hybridized carbons (Fsp3) is 0.625. The SMILES string of the molecule is CCCCCCNCCN1Cc2ccccc2C1. The summed E-state index contributed by atoms with van der Waals surface area (Å²) in [7, 11) is 0. The first-order chi connectivity index (χ1) is 8.90. The Balaban J connectivity index is 1.54. The van der Waals surface area contributed by atoms with Crippen LogP contribution in [0.2, 0.25) is 0 Å². The van der Waals surface area contributed by atoms with Crippen molar-refractivity contribution in [3.05, 3.63) is 35.4 Å². The number of hydrogen-bond donors (Lipinski definition) is 1. The first kappa shape index (κ1) is 13.6. The summed E-state index contributed by atoms with van der Waals surface area (Å²) in [5.74, 6) is 0. The fourth-order valence-corrected chi connectivity index (χ4v) is 2.60. The van der Waals surface area contributed by atoms with E-state index < -0.39 is 0 Å². The summed E-state index contributed by atoms with van der Waals surface area (Å²) < 4.78 is 0. The highest BCUT2D eigenvalue weighted by molar-refractivity contribution is 5.30. The van der Waals surface area contributed by atoms with E-state index in [9.17, 15) is 0 Å². The van der Waals surface area contributed by atoms with Crippen molar-refractivity contribution in [2.24, 2.45) is 0 Å². The molecule has 1 aliphatic heterocycles. The van der Waals surface area contributed by atoms with Gasteiger partial charge in [0.1, 0.15) is 0 Å². The van der Waals surface area contributed by atoms with Gasteiger partial charge in [-0.15, -0.1) is 0 Å². The lowest BCUT2D eigenvalue weighted by atomic mass is 10.1. The van der Waals surface area contributed by atoms with E-state index in [-0.39, 0.29) is 0 Å². The van der Waals surface area contributed by atoms with Crippen LogP contribution < -0.4 is 5.32 Å². The Morgan fingerprint density at radius 2 is 1.72 bits per heavy atom. The quantitative estimate of drug-likeness (QED) is 0.709. The van der Waals surface area contributed by atoms with E-state index in [1.807, 2.05) is 0 Å². The molecule has 0 amide bonds. The van der Waals surface area contributed by atoms with Crippen LogP contribution in [-0.4, -0.2) is 24.5 Å². The van der Waals surface area contributed by atoms with Crippen molar-refractivity contribution in [3.8, 4) is 0 Å². The van der Waals surface area contributed by atoms with E-state index in [2.05, 4.69) is 41.4 Å². The Labute approximate surface area is 111 Å². The number of fused-ring (bicyclic) bond motifs is 1. The molecule has 2 nitrogen and oxygen atoms in total. The van der Waals surface area contributed by atoms with Gasteiger partial charge >= 0.3 is 0 Å². The molecule has 18 heavy (non-hydrogen) atoms. The Bertz CT molecular complexity index is 324. The second-order valence-corrected chi connectivity index (χ2v) is 5.29. The number of rotatable bonds is 8. The molecule has 1 aromatic rings. The molecule has 1 aromatic carbocycles. The molecule has 0 bridgehead atoms. The third-order valence-electron chi connectivity index (χ3n) is 3.72. The van der Waals surface area contributed by atoms with Crippen LogP contribution in [0.1, 0.15) is 43.7 Å². The normalized spacial score (nSPS) is 14.9. The third-order valence-corrected chi connectivity index (χ3v) is 3.72. The van der Waals surface area contributed by atoms with Gasteiger partial charge in [0.25, 0.3) is 0 Å². The van der Waals surface area contributed by atoms with Crippen LogP contribution in [0.5, 0.6) is 0 Å². The Kier molecular flexibility index (Phi) is 5.69. The van der Waals surface area contributed by atoms with Gasteiger partial charge in [-0.2, -0.15) is 0 Å². The topological polar surface area (TPSA) is 15.3 Å². The number of unbranched alkanes of at least 4 members (excludes halogenated alkanes) is 3. The average Bonchev–Trinajstić information content (AvgIpc) is 2.80. The summed E-state index contributed by atoms with van der Waals surface area (Å²) in [5, 5.41) is 3.56. The Morgan fingerprint density at radius 1 is 1.00 bits per heavy atom. The van der Waals surface area contributed by atoms with Gasteiger partial charge in [0.15, 0.2) is 0 Å². The molecular formula is C16H26N2. The van der Waals surface area contributed by atoms with Crippen molar-refractivity contribution in [1.82, 2.24) is 10.2 Å². The predicted octanol–water partition coefficient (Wildman–Crippen LogP) is 3.17. The molecule has 1 aliphatic rings. The Morgan fingerprint density at radius 3 is 2.39 bits per heavy atom. The molecule has 0 radical (unpaired) electrons. The summed E-state index contributed by atoms with van der Waals surface area (Å²) in [4.78, 5) is 2.53. The van der Waals surface area contributed by atoms with Gasteiger partial charge in [-0.25, -0.2) is 0 Å². The molecule has 0 spiro atoms. The van der Waals surface area contributed by atoms with Gasteiger partial charge < -0.3 is 5.32 Å². The van der Waals surface area contributed by atoms with E-state index in [1.54, 1.807) is 0 Å². The molecular weight excluding hydrogens is 220 g/mol. The molecule has 0 unspecified atom stereocenters. The van der Waals surface area contributed by atoms with Crippen molar-refractivity contribution >= 4 is 0 Å². The summed E-state index contributed by atoms with van der Waals surface area (Å²) in [6.07, 6.45) is 5.40. The van der Waals surface area contributed by atoms with Crippen LogP contribution in [0.3, 0.4) is 0 Å². The highest BCUT2D eigenvalue weighted by Gasteiger charge is 2.16. The zero-order valence-electron chi connectivity index (χ0n) is 11.6. The predicted molar refractivity (Wildman–Crippen MR) is 77.6 cm³/mol. The summed E-state index contributed by atoms with van der Waals surface area (Å²) in [6.45, 7) is 8.00. The van der Waals surface area contributed by atoms with Crippen molar-refractivity contribution < 1.29 is 0 Å². The van der Waals surface area contributed by atoms with Crippen molar-refractivity contribution in [1.29, 1.82) is 0 Å². The number of nitrogens with zero attached hydrogens (tertiary/aromatic N) is 1. The monoisotopic (exact) mass is 246 g/mol. The molecule has 2 rings (SSSR count). The fourth-order valence-electron chi connectivity index (χ4n) is 2.60. The zero-order valence-corrected chi connectivity index (χ0v) is 11.6. The van der Waals surface area contributed by atoms with Crippen LogP contribution in [0, 0.1) is 0 Å². The minimum Gasteiger partial charge on any atom is -0.315 e. The second kappa shape index (κ2) is 7.55. The molecule has 0 fully saturated rings. The average molecular weight is 246 g/mol. The lowest BCUT2D eigenvalue weighted by molar-refractivity contribution is 0.283. The molecule has 2 heteroatoms. The van der Waals surface area contributed by atoms with E-state index in [4.69, 9.17) is 0 Å². The molecule has 0 aromatic heterocycles. The van der Waals surface area contributed by atoms with Gasteiger partial charge in [-0.1, -0.05) is 50.5 Å². The van der Waals surface area contributed by atoms with Crippen LogP contribution in [-0.2, 0) is 13.1 Å². The number of benzene rings is 1. The van der Waals surface area contributed by atoms with Crippen LogP contribution in [0.15, 0.2) is 24.3 Å². The number of nitrogens with one attached hydrogen (secondary N) is 1. The molecule has 0 aliphatic carbocycles. The first-order valence-corrected chi connectivity index (χ1v) is 7.40. The summed E-state index contributed by atoms with van der Waals surface area (Å²) in [6, 6.07) is 8.81. The smallest absolute Gasteiger partial charge is 0.0241 e. The largest absolute Gasteiger partial charge is 0.315 e. The summed E-state index contributed by atoms with van der Waals surface area (Å²) in [5.41, 5.74) is 3.03. The van der Waals surface area contributed by atoms with Gasteiger partial charge in [0.2, 0.25) is 0 Å². The van der Waals surface area contributed by atoms with Gasteiger partial charge in [-0.3, -0.25) is 4.90 Å². The highest BCUT2D eigenvalue weighted by Crippen LogP contribution is 2.21. The lowest BCUT2D eigenvalue weighted by Crippen LogP contribution is -2.29. The lowest BCUT2D eigenvalue weighted by Gasteiger charge is -2.15. The minimum absolute atomic E-state index is 1.13. The Hall–Kier alpha value is -0.860. The van der Waals surface area contributed by atoms with E-state index >= 15 is 0 Å². The molecule has 0 saturated carbocycles. The van der Waals surface area contributed by atoms with Crippen molar-refractivity contribution in [2.45, 2.75) is 45.7 Å². The van der Waals surface area contributed by atoms with Crippen molar-refractivity contribution in [2.75, 3.05) is 19.6 Å². The van der Waals surface area contributed by atoms with Gasteiger partial charge in [0, 0.05) is 26.2 Å². The molecule has 0 atom stereocenters. The van der Waals surface area contributed by atoms with Gasteiger partial charge in [0.05, 0.1) is 0 Å². The van der Waals surface area contributed by atoms with Crippen molar-refractivity contribution in [3.63, 3.8) is 0 Å². The standard InChI is InChI=1S/C16H26N2/c1-2-3-4-7-10-17-11-12-18-13-15-8-5-6-9-16(15)14-18/h5-6,8-9,17H,2-4,7,10-14H2,1H3. The minimum atomic E-state index is 1.13. The maximum absolute atomic E-state index is 3.56. The van der Waals surface area contributed by atoms with Crippen LogP contribution in [0.4, 0.5) is 0 Å². The maximum Gasteiger partial charge on any atom is 0.0241 e. The molecule has 1 N–H and O–H groups in total. The summed E-state index contributed by atoms with van der Waals surface area (Å²) >= 11 is 0. The zero-order chi connectivity index (χ0) is 12.6. The highest BCUT2D eigenvalue weighted by atomic mass is 15.1. The second-order valence-electron chi connectivity index (χ2n) is 5.29. The van der Waals surface area contributed by atoms with Gasteiger partial charge in [-0.05, 0) is 24.1 Å². The number of hydrogen-bond acceptors (Lipinski definition) is 2. The first-order valence-electron chi connectivity index (χ1n) is 7.40. The van der Waals surface area contributed by atoms with Crippen LogP contribution >= 0.6 is 0 Å². The third kappa shape index (κ3) is 4.11. The molecule has 1 heterocycles. The van der Waals surface area contributed by atoms with E-state index in [0.717, 1.165) is 19.6 Å².